The standard InChI is InChI=1S/C35H53N5O3/c1-9-40(31-12-15-43-16-13-31)34-19-29(11-10-14-39-21-26(5)38-27(6)22-39)18-33(28(34)7)35(42)37-20-30(23-41)32(24(2)3)17-25(4)36-8/h17-19,23-24,26-27,31,36,38H,9,12-16,20-22H2,1-8H3,(H,37,42)/b25-17-,32-30+. The number of nitrogens with zero attached hydrogens (tertiary/aromatic N) is 2. The molecule has 2 fully saturated rings. The second kappa shape index (κ2) is 16.7. The van der Waals surface area contributed by atoms with Crippen LogP contribution in [0.2, 0.25) is 0 Å². The second-order valence-electron chi connectivity index (χ2n) is 12.3. The van der Waals surface area contributed by atoms with Gasteiger partial charge in [-0.3, -0.25) is 14.5 Å². The molecule has 1 aromatic rings. The maximum Gasteiger partial charge on any atom is 0.251 e. The number of allylic oxidation sites excluding steroid dienone is 3. The number of amides is 1. The normalized spacial score (nSPS) is 20.6. The Balaban J connectivity index is 1.95. The molecular weight excluding hydrogens is 538 g/mol. The summed E-state index contributed by atoms with van der Waals surface area (Å²) in [6, 6.07) is 5.26. The fourth-order valence-corrected chi connectivity index (χ4v) is 6.17. The molecule has 2 saturated heterocycles. The summed E-state index contributed by atoms with van der Waals surface area (Å²) >= 11 is 0. The van der Waals surface area contributed by atoms with Crippen molar-refractivity contribution in [2.45, 2.75) is 79.4 Å². The summed E-state index contributed by atoms with van der Waals surface area (Å²) in [4.78, 5) is 30.7. The third kappa shape index (κ3) is 9.69. The zero-order valence-electron chi connectivity index (χ0n) is 27.6. The number of hydrogen-bond donors (Lipinski definition) is 3. The first kappa shape index (κ1) is 34.4. The summed E-state index contributed by atoms with van der Waals surface area (Å²) in [7, 11) is 1.85. The first-order valence-corrected chi connectivity index (χ1v) is 15.9. The maximum absolute atomic E-state index is 13.8. The molecule has 1 amide bonds. The van der Waals surface area contributed by atoms with Crippen LogP contribution in [-0.2, 0) is 9.53 Å². The van der Waals surface area contributed by atoms with Gasteiger partial charge in [-0.15, -0.1) is 0 Å². The SMILES string of the molecule is CCN(c1cc(C#CCN2CC(C)NC(C)C2)cc(C(=O)NC/C(C=O)=C(/C=C(/C)NC)C(C)C)c1C)C1CCOCC1. The van der Waals surface area contributed by atoms with Gasteiger partial charge in [0.05, 0.1) is 6.54 Å². The molecule has 1 aromatic carbocycles. The van der Waals surface area contributed by atoms with E-state index < -0.39 is 0 Å². The molecule has 0 spiro atoms. The predicted octanol–water partition coefficient (Wildman–Crippen LogP) is 4.04. The number of anilines is 1. The van der Waals surface area contributed by atoms with Crippen LogP contribution in [0.3, 0.4) is 0 Å². The molecule has 0 saturated carbocycles. The maximum atomic E-state index is 13.8. The second-order valence-corrected chi connectivity index (χ2v) is 12.3. The van der Waals surface area contributed by atoms with Gasteiger partial charge in [0, 0.05) is 92.7 Å². The van der Waals surface area contributed by atoms with E-state index in [4.69, 9.17) is 4.74 Å². The van der Waals surface area contributed by atoms with E-state index in [9.17, 15) is 9.59 Å². The molecule has 0 aromatic heterocycles. The molecule has 2 aliphatic rings. The van der Waals surface area contributed by atoms with Gasteiger partial charge in [-0.05, 0) is 82.7 Å². The Hall–Kier alpha value is -3.12. The fourth-order valence-electron chi connectivity index (χ4n) is 6.17. The molecule has 0 aliphatic carbocycles. The lowest BCUT2D eigenvalue weighted by atomic mass is 9.96. The summed E-state index contributed by atoms with van der Waals surface area (Å²) in [5, 5.41) is 9.73. The van der Waals surface area contributed by atoms with Crippen LogP contribution in [-0.4, -0.2) is 88.2 Å². The third-order valence-electron chi connectivity index (χ3n) is 8.42. The minimum Gasteiger partial charge on any atom is -0.392 e. The summed E-state index contributed by atoms with van der Waals surface area (Å²) in [5.74, 6) is 6.69. The third-order valence-corrected chi connectivity index (χ3v) is 8.42. The van der Waals surface area contributed by atoms with Crippen molar-refractivity contribution in [3.05, 3.63) is 51.7 Å². The number of piperazine rings is 1. The minimum absolute atomic E-state index is 0.131. The van der Waals surface area contributed by atoms with Gasteiger partial charge in [-0.2, -0.15) is 0 Å². The van der Waals surface area contributed by atoms with Gasteiger partial charge in [0.15, 0.2) is 0 Å². The highest BCUT2D eigenvalue weighted by atomic mass is 16.5. The number of carbonyl (C=O) groups is 2. The van der Waals surface area contributed by atoms with Crippen LogP contribution < -0.4 is 20.9 Å². The van der Waals surface area contributed by atoms with Crippen molar-refractivity contribution in [1.29, 1.82) is 0 Å². The van der Waals surface area contributed by atoms with E-state index in [0.717, 1.165) is 80.1 Å². The van der Waals surface area contributed by atoms with Crippen molar-refractivity contribution in [1.82, 2.24) is 20.9 Å². The van der Waals surface area contributed by atoms with Crippen LogP contribution in [0.15, 0.2) is 35.1 Å². The topological polar surface area (TPSA) is 85.9 Å². The van der Waals surface area contributed by atoms with E-state index in [1.54, 1.807) is 0 Å². The molecule has 2 aliphatic heterocycles. The van der Waals surface area contributed by atoms with E-state index in [1.165, 1.54) is 0 Å². The van der Waals surface area contributed by atoms with Gasteiger partial charge in [-0.1, -0.05) is 25.7 Å². The van der Waals surface area contributed by atoms with Crippen LogP contribution in [0.4, 0.5) is 5.69 Å². The summed E-state index contributed by atoms with van der Waals surface area (Å²) in [6.07, 6.45) is 4.74. The number of benzene rings is 1. The van der Waals surface area contributed by atoms with Gasteiger partial charge in [-0.25, -0.2) is 0 Å². The van der Waals surface area contributed by atoms with Crippen LogP contribution in [0.5, 0.6) is 0 Å². The number of ether oxygens (including phenoxy) is 1. The predicted molar refractivity (Wildman–Crippen MR) is 176 cm³/mol. The smallest absolute Gasteiger partial charge is 0.251 e. The van der Waals surface area contributed by atoms with E-state index in [-0.39, 0.29) is 18.4 Å². The Kier molecular flexibility index (Phi) is 13.3. The number of rotatable bonds is 11. The van der Waals surface area contributed by atoms with Gasteiger partial charge < -0.3 is 25.6 Å². The summed E-state index contributed by atoms with van der Waals surface area (Å²) in [6.45, 7) is 19.7. The first-order chi connectivity index (χ1) is 20.6. The van der Waals surface area contributed by atoms with Crippen molar-refractivity contribution >= 4 is 17.9 Å². The Morgan fingerprint density at radius 1 is 1.21 bits per heavy atom. The van der Waals surface area contributed by atoms with Crippen molar-refractivity contribution in [3.63, 3.8) is 0 Å². The van der Waals surface area contributed by atoms with Crippen molar-refractivity contribution in [2.24, 2.45) is 5.92 Å². The van der Waals surface area contributed by atoms with Crippen LogP contribution in [0, 0.1) is 24.7 Å². The Morgan fingerprint density at radius 2 is 1.88 bits per heavy atom. The Morgan fingerprint density at radius 3 is 2.47 bits per heavy atom. The fraction of sp³-hybridized carbons (Fsp3) is 0.600. The molecule has 0 radical (unpaired) electrons. The van der Waals surface area contributed by atoms with E-state index >= 15 is 0 Å². The van der Waals surface area contributed by atoms with E-state index in [1.807, 2.05) is 33.0 Å². The highest BCUT2D eigenvalue weighted by Gasteiger charge is 2.25. The van der Waals surface area contributed by atoms with Crippen molar-refractivity contribution in [2.75, 3.05) is 57.9 Å². The van der Waals surface area contributed by atoms with Gasteiger partial charge in [0.1, 0.15) is 6.29 Å². The van der Waals surface area contributed by atoms with Gasteiger partial charge >= 0.3 is 0 Å². The lowest BCUT2D eigenvalue weighted by Crippen LogP contribution is -2.54. The van der Waals surface area contributed by atoms with Gasteiger partial charge in [0.2, 0.25) is 0 Å². The molecular formula is C35H53N5O3. The number of nitrogens with one attached hydrogen (secondary N) is 3. The van der Waals surface area contributed by atoms with Gasteiger partial charge in [0.25, 0.3) is 5.91 Å². The summed E-state index contributed by atoms with van der Waals surface area (Å²) in [5.41, 5.74) is 5.82. The quantitative estimate of drug-likeness (QED) is 0.155. The lowest BCUT2D eigenvalue weighted by Gasteiger charge is -2.36. The molecule has 8 nitrogen and oxygen atoms in total. The van der Waals surface area contributed by atoms with Crippen molar-refractivity contribution < 1.29 is 14.3 Å². The molecule has 3 rings (SSSR count). The van der Waals surface area contributed by atoms with E-state index in [2.05, 4.69) is 78.3 Å². The first-order valence-electron chi connectivity index (χ1n) is 15.9. The zero-order chi connectivity index (χ0) is 31.5. The molecule has 2 unspecified atom stereocenters. The Labute approximate surface area is 259 Å². The monoisotopic (exact) mass is 591 g/mol. The number of aldehydes is 1. The average molecular weight is 592 g/mol. The lowest BCUT2D eigenvalue weighted by molar-refractivity contribution is -0.105. The number of carbonyl (C=O) groups excluding carboxylic acids is 2. The minimum atomic E-state index is -0.202. The van der Waals surface area contributed by atoms with E-state index in [0.29, 0.717) is 35.8 Å². The average Bonchev–Trinajstić information content (AvgIpc) is 2.98. The molecule has 0 bridgehead atoms. The Bertz CT molecular complexity index is 1230. The zero-order valence-corrected chi connectivity index (χ0v) is 27.6. The molecule has 236 valence electrons. The molecule has 3 N–H and O–H groups in total. The molecule has 2 heterocycles. The van der Waals surface area contributed by atoms with Crippen molar-refractivity contribution in [3.8, 4) is 11.8 Å². The summed E-state index contributed by atoms with van der Waals surface area (Å²) < 4.78 is 5.64. The van der Waals surface area contributed by atoms with Crippen LogP contribution in [0.25, 0.3) is 0 Å². The molecule has 43 heavy (non-hydrogen) atoms. The molecule has 2 atom stereocenters. The number of hydrogen-bond acceptors (Lipinski definition) is 7. The highest BCUT2D eigenvalue weighted by Crippen LogP contribution is 2.30. The van der Waals surface area contributed by atoms with Crippen LogP contribution in [0.1, 0.15) is 75.9 Å². The largest absolute Gasteiger partial charge is 0.392 e. The highest BCUT2D eigenvalue weighted by molar-refractivity contribution is 5.98. The molecule has 8 heteroatoms. The van der Waals surface area contributed by atoms with Crippen LogP contribution >= 0.6 is 0 Å².